The van der Waals surface area contributed by atoms with Crippen LogP contribution in [0.25, 0.3) is 0 Å². The van der Waals surface area contributed by atoms with Gasteiger partial charge in [0.1, 0.15) is 6.20 Å². The molecule has 0 bridgehead atoms. The van der Waals surface area contributed by atoms with Crippen molar-refractivity contribution in [3.05, 3.63) is 46.3 Å². The van der Waals surface area contributed by atoms with E-state index in [4.69, 9.17) is 4.74 Å². The van der Waals surface area contributed by atoms with Crippen LogP contribution in [-0.4, -0.2) is 27.2 Å². The van der Waals surface area contributed by atoms with Crippen LogP contribution in [0.5, 0.6) is 0 Å². The third kappa shape index (κ3) is 2.25. The third-order valence-electron chi connectivity index (χ3n) is 3.13. The summed E-state index contributed by atoms with van der Waals surface area (Å²) in [5, 5.41) is 20.8. The Balaban J connectivity index is 2.32. The summed E-state index contributed by atoms with van der Waals surface area (Å²) < 4.78 is 5.65. The number of aliphatic hydroxyl groups is 1. The summed E-state index contributed by atoms with van der Waals surface area (Å²) >= 11 is 0. The van der Waals surface area contributed by atoms with E-state index in [2.05, 4.69) is 11.6 Å². The van der Waals surface area contributed by atoms with Gasteiger partial charge in [-0.3, -0.25) is 15.1 Å². The summed E-state index contributed by atoms with van der Waals surface area (Å²) in [7, 11) is 0. The molecule has 1 aromatic heterocycles. The first-order valence-electron chi connectivity index (χ1n) is 5.61. The Labute approximate surface area is 104 Å². The zero-order valence-electron chi connectivity index (χ0n) is 9.94. The number of aromatic nitrogens is 1. The van der Waals surface area contributed by atoms with Crippen molar-refractivity contribution in [3.8, 4) is 0 Å². The number of nitrogens with zero attached hydrogens (tertiary/aromatic N) is 2. The van der Waals surface area contributed by atoms with Crippen molar-refractivity contribution in [1.82, 2.24) is 4.98 Å². The fourth-order valence-corrected chi connectivity index (χ4v) is 2.04. The van der Waals surface area contributed by atoms with Crippen molar-refractivity contribution in [2.75, 3.05) is 0 Å². The Morgan fingerprint density at radius 3 is 3.00 bits per heavy atom. The first-order valence-corrected chi connectivity index (χ1v) is 5.61. The highest BCUT2D eigenvalue weighted by molar-refractivity contribution is 5.39. The lowest BCUT2D eigenvalue weighted by molar-refractivity contribution is -0.386. The van der Waals surface area contributed by atoms with Gasteiger partial charge in [-0.05, 0) is 18.6 Å². The number of nitro groups is 1. The summed E-state index contributed by atoms with van der Waals surface area (Å²) in [6.07, 6.45) is 1.40. The summed E-state index contributed by atoms with van der Waals surface area (Å²) in [5.74, 6) is 0. The quantitative estimate of drug-likeness (QED) is 0.491. The molecule has 1 aliphatic rings. The maximum absolute atomic E-state index is 10.9. The highest BCUT2D eigenvalue weighted by Crippen LogP contribution is 2.37. The predicted molar refractivity (Wildman–Crippen MR) is 63.9 cm³/mol. The molecule has 0 spiro atoms. The minimum atomic E-state index is -0.702. The van der Waals surface area contributed by atoms with Crippen molar-refractivity contribution in [3.63, 3.8) is 0 Å². The van der Waals surface area contributed by atoms with E-state index in [9.17, 15) is 15.2 Å². The van der Waals surface area contributed by atoms with Crippen LogP contribution in [0.3, 0.4) is 0 Å². The fraction of sp³-hybridized carbons (Fsp3) is 0.417. The molecule has 0 aromatic carbocycles. The van der Waals surface area contributed by atoms with Gasteiger partial charge in [-0.25, -0.2) is 0 Å². The van der Waals surface area contributed by atoms with Gasteiger partial charge in [-0.2, -0.15) is 0 Å². The smallest absolute Gasteiger partial charge is 0.293 e. The molecule has 3 atom stereocenters. The minimum absolute atomic E-state index is 0.0885. The first-order chi connectivity index (χ1) is 8.50. The lowest BCUT2D eigenvalue weighted by Crippen LogP contribution is -2.32. The van der Waals surface area contributed by atoms with Crippen LogP contribution in [0.4, 0.5) is 5.69 Å². The van der Waals surface area contributed by atoms with E-state index in [0.29, 0.717) is 11.1 Å². The molecule has 0 aliphatic carbocycles. The SMILES string of the molecule is C=C1[C@H](O)C[C@H](c2ccncc2[N+](=O)[O-])O[C@@H]1C. The molecule has 0 unspecified atom stereocenters. The van der Waals surface area contributed by atoms with Crippen LogP contribution < -0.4 is 0 Å². The summed E-state index contributed by atoms with van der Waals surface area (Å²) in [6, 6.07) is 1.55. The molecule has 1 fully saturated rings. The number of aliphatic hydroxyl groups excluding tert-OH is 1. The molecule has 0 radical (unpaired) electrons. The number of hydrogen-bond donors (Lipinski definition) is 1. The van der Waals surface area contributed by atoms with Gasteiger partial charge in [0.2, 0.25) is 0 Å². The second kappa shape index (κ2) is 4.83. The van der Waals surface area contributed by atoms with E-state index in [1.807, 2.05) is 0 Å². The van der Waals surface area contributed by atoms with Crippen molar-refractivity contribution >= 4 is 5.69 Å². The van der Waals surface area contributed by atoms with Gasteiger partial charge in [-0.1, -0.05) is 6.58 Å². The first kappa shape index (κ1) is 12.7. The molecule has 1 saturated heterocycles. The number of hydrogen-bond acceptors (Lipinski definition) is 5. The predicted octanol–water partition coefficient (Wildman–Crippen LogP) is 1.76. The van der Waals surface area contributed by atoms with Crippen LogP contribution in [0, 0.1) is 10.1 Å². The largest absolute Gasteiger partial charge is 0.389 e. The molecule has 0 saturated carbocycles. The van der Waals surface area contributed by atoms with Gasteiger partial charge in [0.25, 0.3) is 5.69 Å². The van der Waals surface area contributed by atoms with Crippen LogP contribution in [-0.2, 0) is 4.74 Å². The van der Waals surface area contributed by atoms with Gasteiger partial charge >= 0.3 is 0 Å². The zero-order chi connectivity index (χ0) is 13.3. The van der Waals surface area contributed by atoms with Gasteiger partial charge in [-0.15, -0.1) is 0 Å². The number of rotatable bonds is 2. The molecule has 2 heterocycles. The van der Waals surface area contributed by atoms with Crippen LogP contribution in [0.1, 0.15) is 25.0 Å². The van der Waals surface area contributed by atoms with E-state index in [-0.39, 0.29) is 18.2 Å². The normalized spacial score (nSPS) is 28.1. The molecule has 2 rings (SSSR count). The van der Waals surface area contributed by atoms with Crippen molar-refractivity contribution in [2.24, 2.45) is 0 Å². The molecule has 1 aliphatic heterocycles. The Kier molecular flexibility index (Phi) is 3.40. The van der Waals surface area contributed by atoms with Crippen molar-refractivity contribution in [1.29, 1.82) is 0 Å². The van der Waals surface area contributed by atoms with Crippen molar-refractivity contribution < 1.29 is 14.8 Å². The van der Waals surface area contributed by atoms with E-state index >= 15 is 0 Å². The average Bonchev–Trinajstić information content (AvgIpc) is 2.35. The lowest BCUT2D eigenvalue weighted by atomic mass is 9.93. The van der Waals surface area contributed by atoms with Crippen LogP contribution in [0.15, 0.2) is 30.6 Å². The molecule has 1 N–H and O–H groups in total. The van der Waals surface area contributed by atoms with Gasteiger partial charge in [0.05, 0.1) is 28.8 Å². The monoisotopic (exact) mass is 250 g/mol. The minimum Gasteiger partial charge on any atom is -0.389 e. The maximum Gasteiger partial charge on any atom is 0.293 e. The van der Waals surface area contributed by atoms with Gasteiger partial charge in [0, 0.05) is 12.6 Å². The molecule has 96 valence electrons. The van der Waals surface area contributed by atoms with Gasteiger partial charge < -0.3 is 9.84 Å². The Morgan fingerprint density at radius 1 is 1.67 bits per heavy atom. The zero-order valence-corrected chi connectivity index (χ0v) is 9.94. The molecular formula is C12H14N2O4. The topological polar surface area (TPSA) is 85.5 Å². The summed E-state index contributed by atoms with van der Waals surface area (Å²) in [6.45, 7) is 5.51. The highest BCUT2D eigenvalue weighted by Gasteiger charge is 2.33. The Bertz CT molecular complexity index is 475. The maximum atomic E-state index is 10.9. The molecule has 0 amide bonds. The lowest BCUT2D eigenvalue weighted by Gasteiger charge is -2.33. The summed E-state index contributed by atoms with van der Waals surface area (Å²) in [4.78, 5) is 14.2. The summed E-state index contributed by atoms with van der Waals surface area (Å²) in [5.41, 5.74) is 0.950. The van der Waals surface area contributed by atoms with E-state index < -0.39 is 17.1 Å². The molecule has 1 aromatic rings. The Morgan fingerprint density at radius 2 is 2.39 bits per heavy atom. The average molecular weight is 250 g/mol. The van der Waals surface area contributed by atoms with Crippen LogP contribution in [0.2, 0.25) is 0 Å². The second-order valence-corrected chi connectivity index (χ2v) is 4.28. The van der Waals surface area contributed by atoms with Crippen molar-refractivity contribution in [2.45, 2.75) is 31.7 Å². The van der Waals surface area contributed by atoms with E-state index in [1.165, 1.54) is 12.4 Å². The highest BCUT2D eigenvalue weighted by atomic mass is 16.6. The number of pyridine rings is 1. The Hall–Kier alpha value is -1.79. The molecule has 6 heteroatoms. The van der Waals surface area contributed by atoms with E-state index in [1.54, 1.807) is 13.0 Å². The molecule has 18 heavy (non-hydrogen) atoms. The molecule has 6 nitrogen and oxygen atoms in total. The fourth-order valence-electron chi connectivity index (χ4n) is 2.04. The third-order valence-corrected chi connectivity index (χ3v) is 3.13. The van der Waals surface area contributed by atoms with E-state index in [0.717, 1.165) is 0 Å². The number of ether oxygens (including phenoxy) is 1. The second-order valence-electron chi connectivity index (χ2n) is 4.28. The van der Waals surface area contributed by atoms with Crippen LogP contribution >= 0.6 is 0 Å². The van der Waals surface area contributed by atoms with Gasteiger partial charge in [0.15, 0.2) is 0 Å². The molecular weight excluding hydrogens is 236 g/mol. The standard InChI is InChI=1S/C12H14N2O4/c1-7-8(2)18-12(5-11(7)15)9-3-4-13-6-10(9)14(16)17/h3-4,6,8,11-12,15H,1,5H2,2H3/t8-,11-,12-/m1/s1.